The van der Waals surface area contributed by atoms with E-state index in [0.29, 0.717) is 24.2 Å². The van der Waals surface area contributed by atoms with Crippen molar-refractivity contribution < 1.29 is 9.21 Å². The minimum Gasteiger partial charge on any atom is -0.464 e. The van der Waals surface area contributed by atoms with Crippen molar-refractivity contribution in [3.8, 4) is 0 Å². The van der Waals surface area contributed by atoms with Gasteiger partial charge in [0.05, 0.1) is 17.7 Å². The van der Waals surface area contributed by atoms with Crippen molar-refractivity contribution in [2.45, 2.75) is 58.3 Å². The average molecular weight is 446 g/mol. The zero-order chi connectivity index (χ0) is 21.4. The first kappa shape index (κ1) is 21.2. The second-order valence-electron chi connectivity index (χ2n) is 8.03. The number of nitrogens with zero attached hydrogens (tertiary/aromatic N) is 3. The van der Waals surface area contributed by atoms with Crippen LogP contribution in [0, 0.1) is 12.8 Å². The summed E-state index contributed by atoms with van der Waals surface area (Å²) < 4.78 is 7.27. The van der Waals surface area contributed by atoms with Crippen molar-refractivity contribution in [1.82, 2.24) is 14.5 Å². The van der Waals surface area contributed by atoms with Gasteiger partial charge in [0.1, 0.15) is 16.4 Å². The van der Waals surface area contributed by atoms with Crippen LogP contribution >= 0.6 is 23.1 Å². The Balaban J connectivity index is 1.55. The summed E-state index contributed by atoms with van der Waals surface area (Å²) in [6.45, 7) is 7.07. The molecular weight excluding hydrogens is 418 g/mol. The predicted octanol–water partition coefficient (Wildman–Crippen LogP) is 4.25. The van der Waals surface area contributed by atoms with Crippen molar-refractivity contribution >= 4 is 39.2 Å². The van der Waals surface area contributed by atoms with Crippen LogP contribution in [0.2, 0.25) is 0 Å². The number of hydrogen-bond acceptors (Lipinski definition) is 6. The van der Waals surface area contributed by atoms with Gasteiger partial charge in [-0.05, 0) is 56.7 Å². The predicted molar refractivity (Wildman–Crippen MR) is 121 cm³/mol. The fourth-order valence-electron chi connectivity index (χ4n) is 3.92. The molecule has 0 fully saturated rings. The minimum atomic E-state index is -0.0228. The van der Waals surface area contributed by atoms with Crippen LogP contribution in [0.3, 0.4) is 0 Å². The molecule has 0 spiro atoms. The molecule has 1 unspecified atom stereocenters. The molecule has 3 aromatic heterocycles. The minimum absolute atomic E-state index is 0.0228. The van der Waals surface area contributed by atoms with Crippen molar-refractivity contribution in [1.29, 1.82) is 0 Å². The Kier molecular flexibility index (Phi) is 6.06. The molecule has 1 aliphatic rings. The molecule has 1 aliphatic carbocycles. The molecule has 4 rings (SSSR count). The van der Waals surface area contributed by atoms with Gasteiger partial charge in [0, 0.05) is 18.5 Å². The zero-order valence-electron chi connectivity index (χ0n) is 17.9. The van der Waals surface area contributed by atoms with E-state index < -0.39 is 0 Å². The Morgan fingerprint density at radius 1 is 1.43 bits per heavy atom. The van der Waals surface area contributed by atoms with Crippen LogP contribution in [0.25, 0.3) is 10.2 Å². The molecule has 0 aromatic carbocycles. The molecule has 3 aromatic rings. The van der Waals surface area contributed by atoms with Gasteiger partial charge in [0.2, 0.25) is 5.91 Å². The highest BCUT2D eigenvalue weighted by Crippen LogP contribution is 2.36. The Morgan fingerprint density at radius 2 is 2.23 bits per heavy atom. The molecule has 30 heavy (non-hydrogen) atoms. The van der Waals surface area contributed by atoms with Crippen molar-refractivity contribution in [2.24, 2.45) is 5.92 Å². The Morgan fingerprint density at radius 3 is 2.93 bits per heavy atom. The standard InChI is InChI=1S/C22H27N3O3S2/c1-5-25-21(27)19-16-9-6-13(2)10-17(16)30-20(19)23-22(25)29-12-18(26)24(4)11-15-8-7-14(3)28-15/h7-8,13H,5-6,9-12H2,1-4H3. The van der Waals surface area contributed by atoms with E-state index in [9.17, 15) is 9.59 Å². The fraction of sp³-hybridized carbons (Fsp3) is 0.500. The lowest BCUT2D eigenvalue weighted by molar-refractivity contribution is -0.127. The molecule has 0 saturated heterocycles. The van der Waals surface area contributed by atoms with Gasteiger partial charge in [0.25, 0.3) is 5.56 Å². The third-order valence-corrected chi connectivity index (χ3v) is 7.75. The number of amides is 1. The van der Waals surface area contributed by atoms with E-state index in [0.717, 1.165) is 41.0 Å². The van der Waals surface area contributed by atoms with Crippen LogP contribution in [0.15, 0.2) is 26.5 Å². The van der Waals surface area contributed by atoms with Gasteiger partial charge in [0.15, 0.2) is 5.16 Å². The third-order valence-electron chi connectivity index (χ3n) is 5.64. The lowest BCUT2D eigenvalue weighted by Gasteiger charge is -2.18. The number of hydrogen-bond donors (Lipinski definition) is 0. The SMILES string of the molecule is CCn1c(SCC(=O)N(C)Cc2ccc(C)o2)nc2sc3c(c2c1=O)CCC(C)C3. The summed E-state index contributed by atoms with van der Waals surface area (Å²) in [7, 11) is 1.76. The van der Waals surface area contributed by atoms with Gasteiger partial charge in [-0.1, -0.05) is 18.7 Å². The topological polar surface area (TPSA) is 68.3 Å². The zero-order valence-corrected chi connectivity index (χ0v) is 19.5. The summed E-state index contributed by atoms with van der Waals surface area (Å²) in [5, 5.41) is 1.42. The van der Waals surface area contributed by atoms with Crippen LogP contribution in [0.4, 0.5) is 0 Å². The number of furan rings is 1. The van der Waals surface area contributed by atoms with E-state index in [4.69, 9.17) is 9.40 Å². The highest BCUT2D eigenvalue weighted by Gasteiger charge is 2.24. The largest absolute Gasteiger partial charge is 0.464 e. The smallest absolute Gasteiger partial charge is 0.263 e. The molecule has 1 atom stereocenters. The van der Waals surface area contributed by atoms with Gasteiger partial charge in [-0.3, -0.25) is 14.2 Å². The van der Waals surface area contributed by atoms with E-state index in [1.165, 1.54) is 22.2 Å². The van der Waals surface area contributed by atoms with Gasteiger partial charge in [-0.25, -0.2) is 4.98 Å². The summed E-state index contributed by atoms with van der Waals surface area (Å²) in [6, 6.07) is 3.78. The Bertz CT molecular complexity index is 1140. The average Bonchev–Trinajstić information content (AvgIpc) is 3.28. The summed E-state index contributed by atoms with van der Waals surface area (Å²) in [5.41, 5.74) is 1.23. The first-order valence-corrected chi connectivity index (χ1v) is 12.1. The summed E-state index contributed by atoms with van der Waals surface area (Å²) in [4.78, 5) is 34.4. The van der Waals surface area contributed by atoms with Gasteiger partial charge in [-0.2, -0.15) is 0 Å². The second-order valence-corrected chi connectivity index (χ2v) is 10.1. The normalized spacial score (nSPS) is 16.1. The quantitative estimate of drug-likeness (QED) is 0.419. The maximum atomic E-state index is 13.2. The fourth-order valence-corrected chi connectivity index (χ4v) is 6.35. The number of thioether (sulfide) groups is 1. The first-order chi connectivity index (χ1) is 14.4. The molecule has 1 amide bonds. The Labute approximate surface area is 184 Å². The summed E-state index contributed by atoms with van der Waals surface area (Å²) in [6.07, 6.45) is 3.11. The molecule has 0 radical (unpaired) electrons. The van der Waals surface area contributed by atoms with Crippen LogP contribution < -0.4 is 5.56 Å². The molecule has 0 saturated carbocycles. The highest BCUT2D eigenvalue weighted by molar-refractivity contribution is 7.99. The molecule has 160 valence electrons. The lowest BCUT2D eigenvalue weighted by atomic mass is 9.89. The third kappa shape index (κ3) is 4.07. The monoisotopic (exact) mass is 445 g/mol. The van der Waals surface area contributed by atoms with Gasteiger partial charge in [-0.15, -0.1) is 11.3 Å². The first-order valence-electron chi connectivity index (χ1n) is 10.3. The van der Waals surface area contributed by atoms with E-state index in [-0.39, 0.29) is 17.2 Å². The number of aryl methyl sites for hydroxylation is 2. The van der Waals surface area contributed by atoms with Crippen molar-refractivity contribution in [2.75, 3.05) is 12.8 Å². The van der Waals surface area contributed by atoms with Gasteiger partial charge >= 0.3 is 0 Å². The van der Waals surface area contributed by atoms with E-state index in [2.05, 4.69) is 6.92 Å². The lowest BCUT2D eigenvalue weighted by Crippen LogP contribution is -2.28. The van der Waals surface area contributed by atoms with E-state index in [1.807, 2.05) is 26.0 Å². The van der Waals surface area contributed by atoms with Gasteiger partial charge < -0.3 is 9.32 Å². The molecule has 3 heterocycles. The number of rotatable bonds is 6. The number of fused-ring (bicyclic) bond motifs is 3. The van der Waals surface area contributed by atoms with Crippen molar-refractivity contribution in [3.63, 3.8) is 0 Å². The molecule has 0 bridgehead atoms. The molecule has 0 aliphatic heterocycles. The summed E-state index contributed by atoms with van der Waals surface area (Å²) in [5.74, 6) is 2.45. The number of carbonyl (C=O) groups excluding carboxylic acids is 1. The summed E-state index contributed by atoms with van der Waals surface area (Å²) >= 11 is 2.99. The van der Waals surface area contributed by atoms with E-state index in [1.54, 1.807) is 27.9 Å². The maximum absolute atomic E-state index is 13.2. The number of aromatic nitrogens is 2. The van der Waals surface area contributed by atoms with Crippen LogP contribution in [0.1, 0.15) is 42.2 Å². The molecule has 0 N–H and O–H groups in total. The highest BCUT2D eigenvalue weighted by atomic mass is 32.2. The molecule has 8 heteroatoms. The van der Waals surface area contributed by atoms with Crippen LogP contribution in [0.5, 0.6) is 0 Å². The molecule has 6 nitrogen and oxygen atoms in total. The second kappa shape index (κ2) is 8.59. The van der Waals surface area contributed by atoms with Crippen LogP contribution in [-0.2, 0) is 30.7 Å². The van der Waals surface area contributed by atoms with Crippen LogP contribution in [-0.4, -0.2) is 33.2 Å². The maximum Gasteiger partial charge on any atom is 0.263 e. The molecular formula is C22H27N3O3S2. The van der Waals surface area contributed by atoms with E-state index >= 15 is 0 Å². The van der Waals surface area contributed by atoms with Crippen molar-refractivity contribution in [3.05, 3.63) is 44.4 Å². The number of thiophene rings is 1. The Hall–Kier alpha value is -2.06. The number of carbonyl (C=O) groups is 1.